The summed E-state index contributed by atoms with van der Waals surface area (Å²) in [5.41, 5.74) is 2.40. The van der Waals surface area contributed by atoms with E-state index in [1.165, 1.54) is 15.6 Å². The Morgan fingerprint density at radius 3 is 2.24 bits per heavy atom. The lowest BCUT2D eigenvalue weighted by atomic mass is 10.2. The zero-order chi connectivity index (χ0) is 20.9. The lowest BCUT2D eigenvalue weighted by Gasteiger charge is -2.29. The first-order chi connectivity index (χ1) is 13.9. The van der Waals surface area contributed by atoms with Crippen molar-refractivity contribution in [2.75, 3.05) is 44.4 Å². The van der Waals surface area contributed by atoms with Crippen molar-refractivity contribution in [3.63, 3.8) is 0 Å². The molecule has 2 aromatic carbocycles. The number of hydrogen-bond acceptors (Lipinski definition) is 5. The first-order valence-electron chi connectivity index (χ1n) is 10.0. The van der Waals surface area contributed by atoms with Gasteiger partial charge >= 0.3 is 0 Å². The zero-order valence-corrected chi connectivity index (χ0v) is 18.2. The molecule has 2 aromatic rings. The minimum absolute atomic E-state index is 0.287. The molecule has 3 rings (SSSR count). The van der Waals surface area contributed by atoms with Gasteiger partial charge in [0.2, 0.25) is 10.0 Å². The second kappa shape index (κ2) is 9.61. The number of hydrogen-bond donors (Lipinski definition) is 0. The molecule has 1 fully saturated rings. The van der Waals surface area contributed by atoms with Gasteiger partial charge < -0.3 is 14.4 Å². The molecule has 0 N–H and O–H groups in total. The molecule has 0 aliphatic carbocycles. The maximum absolute atomic E-state index is 12.7. The Hall–Kier alpha value is -2.09. The first-order valence-corrected chi connectivity index (χ1v) is 11.5. The number of aryl methyl sites for hydroxylation is 1. The number of rotatable bonds is 8. The van der Waals surface area contributed by atoms with Crippen LogP contribution in [0, 0.1) is 6.92 Å². The molecule has 158 valence electrons. The summed E-state index contributed by atoms with van der Waals surface area (Å²) < 4.78 is 37.9. The average Bonchev–Trinajstić information content (AvgIpc) is 2.73. The Bertz CT molecular complexity index is 874. The van der Waals surface area contributed by atoms with Crippen LogP contribution in [-0.4, -0.2) is 58.2 Å². The fourth-order valence-corrected chi connectivity index (χ4v) is 4.74. The number of ether oxygens (including phenoxy) is 2. The van der Waals surface area contributed by atoms with E-state index in [-0.39, 0.29) is 4.90 Å². The van der Waals surface area contributed by atoms with Gasteiger partial charge in [0.05, 0.1) is 24.7 Å². The molecule has 0 radical (unpaired) electrons. The second-order valence-corrected chi connectivity index (χ2v) is 9.40. The number of anilines is 1. The Labute approximate surface area is 174 Å². The summed E-state index contributed by atoms with van der Waals surface area (Å²) in [6, 6.07) is 15.5. The highest BCUT2D eigenvalue weighted by Crippen LogP contribution is 2.21. The van der Waals surface area contributed by atoms with Gasteiger partial charge in [-0.1, -0.05) is 17.7 Å². The molecule has 0 atom stereocenters. The Kier molecular flexibility index (Phi) is 7.16. The molecule has 0 bridgehead atoms. The summed E-state index contributed by atoms with van der Waals surface area (Å²) in [7, 11) is -3.47. The van der Waals surface area contributed by atoms with Gasteiger partial charge in [0.25, 0.3) is 0 Å². The summed E-state index contributed by atoms with van der Waals surface area (Å²) in [5, 5.41) is 0. The lowest BCUT2D eigenvalue weighted by molar-refractivity contribution is 0.0730. The Morgan fingerprint density at radius 2 is 1.66 bits per heavy atom. The van der Waals surface area contributed by atoms with Crippen molar-refractivity contribution >= 4 is 15.7 Å². The van der Waals surface area contributed by atoms with E-state index in [9.17, 15) is 8.42 Å². The van der Waals surface area contributed by atoms with Gasteiger partial charge in [-0.05, 0) is 57.2 Å². The molecule has 0 aromatic heterocycles. The SMILES string of the molecule is Cc1ccc(N(CCOc2ccc(S(=O)(=O)N3CCOCC3)cc2)C(C)C)cc1. The number of nitrogens with zero attached hydrogens (tertiary/aromatic N) is 2. The van der Waals surface area contributed by atoms with Crippen molar-refractivity contribution in [3.05, 3.63) is 54.1 Å². The van der Waals surface area contributed by atoms with E-state index in [0.29, 0.717) is 44.7 Å². The van der Waals surface area contributed by atoms with Crippen LogP contribution in [-0.2, 0) is 14.8 Å². The van der Waals surface area contributed by atoms with Gasteiger partial charge in [-0.25, -0.2) is 8.42 Å². The molecule has 0 spiro atoms. The highest BCUT2D eigenvalue weighted by Gasteiger charge is 2.26. The molecule has 1 aliphatic rings. The van der Waals surface area contributed by atoms with Gasteiger partial charge in [0.15, 0.2) is 0 Å². The third-order valence-corrected chi connectivity index (χ3v) is 6.93. The zero-order valence-electron chi connectivity index (χ0n) is 17.4. The summed E-state index contributed by atoms with van der Waals surface area (Å²) in [5.74, 6) is 0.665. The first kappa shape index (κ1) is 21.6. The van der Waals surface area contributed by atoms with Crippen molar-refractivity contribution in [1.82, 2.24) is 4.31 Å². The second-order valence-electron chi connectivity index (χ2n) is 7.46. The van der Waals surface area contributed by atoms with Crippen LogP contribution in [0.3, 0.4) is 0 Å². The highest BCUT2D eigenvalue weighted by molar-refractivity contribution is 7.89. The van der Waals surface area contributed by atoms with E-state index < -0.39 is 10.0 Å². The lowest BCUT2D eigenvalue weighted by Crippen LogP contribution is -2.40. The molecule has 1 saturated heterocycles. The fraction of sp³-hybridized carbons (Fsp3) is 0.455. The molecule has 0 unspecified atom stereocenters. The molecule has 0 amide bonds. The molecule has 1 aliphatic heterocycles. The molecule has 29 heavy (non-hydrogen) atoms. The van der Waals surface area contributed by atoms with Crippen LogP contribution in [0.4, 0.5) is 5.69 Å². The summed E-state index contributed by atoms with van der Waals surface area (Å²) in [6.45, 7) is 9.32. The Balaban J connectivity index is 1.58. The van der Waals surface area contributed by atoms with E-state index in [2.05, 4.69) is 49.9 Å². The predicted octanol–water partition coefficient (Wildman–Crippen LogP) is 3.31. The van der Waals surface area contributed by atoms with Crippen LogP contribution >= 0.6 is 0 Å². The smallest absolute Gasteiger partial charge is 0.243 e. The topological polar surface area (TPSA) is 59.1 Å². The van der Waals surface area contributed by atoms with E-state index in [0.717, 1.165) is 6.54 Å². The van der Waals surface area contributed by atoms with Crippen molar-refractivity contribution in [2.24, 2.45) is 0 Å². The standard InChI is InChI=1S/C22H30N2O4S/c1-18(2)24(20-6-4-19(3)5-7-20)14-17-28-21-8-10-22(11-9-21)29(25,26)23-12-15-27-16-13-23/h4-11,18H,12-17H2,1-3H3. The molecular weight excluding hydrogens is 388 g/mol. The van der Waals surface area contributed by atoms with Crippen LogP contribution in [0.15, 0.2) is 53.4 Å². The van der Waals surface area contributed by atoms with Gasteiger partial charge in [-0.3, -0.25) is 0 Å². The van der Waals surface area contributed by atoms with Crippen LogP contribution in [0.25, 0.3) is 0 Å². The predicted molar refractivity (Wildman–Crippen MR) is 115 cm³/mol. The number of morpholine rings is 1. The maximum atomic E-state index is 12.7. The van der Waals surface area contributed by atoms with E-state index in [4.69, 9.17) is 9.47 Å². The Morgan fingerprint density at radius 1 is 1.03 bits per heavy atom. The van der Waals surface area contributed by atoms with Gasteiger partial charge in [-0.2, -0.15) is 4.31 Å². The minimum atomic E-state index is -3.47. The highest BCUT2D eigenvalue weighted by atomic mass is 32.2. The van der Waals surface area contributed by atoms with Gasteiger partial charge in [-0.15, -0.1) is 0 Å². The monoisotopic (exact) mass is 418 g/mol. The maximum Gasteiger partial charge on any atom is 0.243 e. The van der Waals surface area contributed by atoms with Crippen molar-refractivity contribution in [1.29, 1.82) is 0 Å². The third-order valence-electron chi connectivity index (χ3n) is 5.02. The van der Waals surface area contributed by atoms with Crippen LogP contribution in [0.5, 0.6) is 5.75 Å². The van der Waals surface area contributed by atoms with Crippen LogP contribution < -0.4 is 9.64 Å². The number of sulfonamides is 1. The normalized spacial score (nSPS) is 15.4. The quantitative estimate of drug-likeness (QED) is 0.658. The van der Waals surface area contributed by atoms with Crippen LogP contribution in [0.2, 0.25) is 0 Å². The van der Waals surface area contributed by atoms with E-state index >= 15 is 0 Å². The van der Waals surface area contributed by atoms with Crippen molar-refractivity contribution in [3.8, 4) is 5.75 Å². The average molecular weight is 419 g/mol. The van der Waals surface area contributed by atoms with E-state index in [1.807, 2.05) is 0 Å². The van der Waals surface area contributed by atoms with Crippen molar-refractivity contribution < 1.29 is 17.9 Å². The summed E-state index contributed by atoms with van der Waals surface area (Å²) >= 11 is 0. The third kappa shape index (κ3) is 5.50. The molecule has 6 nitrogen and oxygen atoms in total. The van der Waals surface area contributed by atoms with E-state index in [1.54, 1.807) is 24.3 Å². The van der Waals surface area contributed by atoms with Crippen LogP contribution in [0.1, 0.15) is 19.4 Å². The molecular formula is C22H30N2O4S. The minimum Gasteiger partial charge on any atom is -0.492 e. The van der Waals surface area contributed by atoms with Gasteiger partial charge in [0, 0.05) is 24.8 Å². The number of benzene rings is 2. The fourth-order valence-electron chi connectivity index (χ4n) is 3.33. The summed E-state index contributed by atoms with van der Waals surface area (Å²) in [4.78, 5) is 2.58. The molecule has 7 heteroatoms. The molecule has 1 heterocycles. The van der Waals surface area contributed by atoms with Gasteiger partial charge in [0.1, 0.15) is 12.4 Å². The summed E-state index contributed by atoms with van der Waals surface area (Å²) in [6.07, 6.45) is 0. The van der Waals surface area contributed by atoms with Crippen molar-refractivity contribution in [2.45, 2.75) is 31.7 Å². The largest absolute Gasteiger partial charge is 0.492 e. The molecule has 0 saturated carbocycles.